The number of nitrogens with zero attached hydrogens (tertiary/aromatic N) is 4. The Balaban J connectivity index is 1.38. The first-order valence-electron chi connectivity index (χ1n) is 9.59. The molecule has 0 fully saturated rings. The van der Waals surface area contributed by atoms with E-state index in [4.69, 9.17) is 0 Å². The molecule has 6 nitrogen and oxygen atoms in total. The van der Waals surface area contributed by atoms with E-state index in [9.17, 15) is 4.79 Å². The molecule has 6 heteroatoms. The number of amides is 1. The number of hydrogen-bond donors (Lipinski definition) is 1. The van der Waals surface area contributed by atoms with E-state index in [0.717, 1.165) is 39.3 Å². The van der Waals surface area contributed by atoms with Gasteiger partial charge in [0.15, 0.2) is 0 Å². The Morgan fingerprint density at radius 3 is 2.76 bits per heavy atom. The number of carbonyl (C=O) groups excluding carboxylic acids is 1. The van der Waals surface area contributed by atoms with Crippen molar-refractivity contribution in [1.29, 1.82) is 0 Å². The molecule has 0 bridgehead atoms. The molecule has 3 aromatic rings. The molecular formula is C23H19N5O. The number of carbonyl (C=O) groups is 1. The van der Waals surface area contributed by atoms with Gasteiger partial charge in [-0.25, -0.2) is 15.0 Å². The van der Waals surface area contributed by atoms with Gasteiger partial charge in [-0.3, -0.25) is 9.79 Å². The SMILES string of the molecule is C[C@@H](NC(=O)C1=Nc2cc3c(cc2C1)CN=C3c1ccncn1)c1ccccc1. The maximum Gasteiger partial charge on any atom is 0.266 e. The van der Waals surface area contributed by atoms with Crippen molar-refractivity contribution in [3.05, 3.63) is 89.0 Å². The van der Waals surface area contributed by atoms with Crippen LogP contribution in [0.15, 0.2) is 71.0 Å². The van der Waals surface area contributed by atoms with Gasteiger partial charge in [-0.15, -0.1) is 0 Å². The zero-order valence-corrected chi connectivity index (χ0v) is 16.0. The van der Waals surface area contributed by atoms with E-state index < -0.39 is 0 Å². The third-order valence-corrected chi connectivity index (χ3v) is 5.31. The van der Waals surface area contributed by atoms with E-state index in [2.05, 4.69) is 31.3 Å². The lowest BCUT2D eigenvalue weighted by Gasteiger charge is -2.14. The Bertz CT molecular complexity index is 1150. The quantitative estimate of drug-likeness (QED) is 0.753. The second kappa shape index (κ2) is 7.05. The van der Waals surface area contributed by atoms with Crippen LogP contribution < -0.4 is 5.32 Å². The molecule has 1 aromatic heterocycles. The molecule has 3 heterocycles. The smallest absolute Gasteiger partial charge is 0.266 e. The molecule has 2 aliphatic rings. The summed E-state index contributed by atoms with van der Waals surface area (Å²) >= 11 is 0. The first-order chi connectivity index (χ1) is 14.2. The van der Waals surface area contributed by atoms with Crippen LogP contribution in [0.5, 0.6) is 0 Å². The maximum absolute atomic E-state index is 12.8. The summed E-state index contributed by atoms with van der Waals surface area (Å²) in [6, 6.07) is 15.9. The van der Waals surface area contributed by atoms with E-state index in [-0.39, 0.29) is 11.9 Å². The predicted octanol–water partition coefficient (Wildman–Crippen LogP) is 3.33. The molecule has 1 amide bonds. The summed E-state index contributed by atoms with van der Waals surface area (Å²) in [6.45, 7) is 2.60. The average Bonchev–Trinajstić information content (AvgIpc) is 3.36. The summed E-state index contributed by atoms with van der Waals surface area (Å²) in [5.74, 6) is -0.123. The number of aliphatic imine (C=N–C) groups is 2. The Morgan fingerprint density at radius 2 is 1.97 bits per heavy atom. The van der Waals surface area contributed by atoms with Gasteiger partial charge in [0.25, 0.3) is 5.91 Å². The minimum atomic E-state index is -0.123. The van der Waals surface area contributed by atoms with Gasteiger partial charge < -0.3 is 5.32 Å². The summed E-state index contributed by atoms with van der Waals surface area (Å²) in [5, 5.41) is 3.05. The van der Waals surface area contributed by atoms with Crippen molar-refractivity contribution in [1.82, 2.24) is 15.3 Å². The molecule has 2 aromatic carbocycles. The number of rotatable bonds is 4. The van der Waals surface area contributed by atoms with Gasteiger partial charge >= 0.3 is 0 Å². The normalized spacial score (nSPS) is 15.2. The highest BCUT2D eigenvalue weighted by Crippen LogP contribution is 2.34. The van der Waals surface area contributed by atoms with Crippen molar-refractivity contribution in [2.75, 3.05) is 0 Å². The molecule has 0 saturated heterocycles. The van der Waals surface area contributed by atoms with Gasteiger partial charge in [-0.1, -0.05) is 36.4 Å². The minimum absolute atomic E-state index is 0.0726. The fraction of sp³-hybridized carbons (Fsp3) is 0.174. The standard InChI is InChI=1S/C23H19N5O/c1-14(15-5-3-2-4-6-15)27-23(29)21-10-16-9-17-12-25-22(18(17)11-20(16)28-21)19-7-8-24-13-26-19/h2-9,11,13-14H,10,12H2,1H3,(H,27,29)/t14-/m1/s1. The molecule has 2 aliphatic heterocycles. The number of hydrogen-bond acceptors (Lipinski definition) is 5. The minimum Gasteiger partial charge on any atom is -0.344 e. The summed E-state index contributed by atoms with van der Waals surface area (Å²) in [4.78, 5) is 30.3. The van der Waals surface area contributed by atoms with Crippen LogP contribution in [-0.2, 0) is 17.8 Å². The monoisotopic (exact) mass is 381 g/mol. The van der Waals surface area contributed by atoms with E-state index in [1.54, 1.807) is 6.20 Å². The highest BCUT2D eigenvalue weighted by atomic mass is 16.2. The van der Waals surface area contributed by atoms with Crippen molar-refractivity contribution in [3.63, 3.8) is 0 Å². The molecule has 0 saturated carbocycles. The molecule has 5 rings (SSSR count). The predicted molar refractivity (Wildman–Crippen MR) is 112 cm³/mol. The lowest BCUT2D eigenvalue weighted by molar-refractivity contribution is -0.115. The summed E-state index contributed by atoms with van der Waals surface area (Å²) < 4.78 is 0. The number of aromatic nitrogens is 2. The molecular weight excluding hydrogens is 362 g/mol. The summed E-state index contributed by atoms with van der Waals surface area (Å²) in [7, 11) is 0. The van der Waals surface area contributed by atoms with Gasteiger partial charge in [-0.05, 0) is 35.7 Å². The van der Waals surface area contributed by atoms with Crippen LogP contribution in [0.3, 0.4) is 0 Å². The van der Waals surface area contributed by atoms with Crippen LogP contribution in [0, 0.1) is 0 Å². The molecule has 0 radical (unpaired) electrons. The van der Waals surface area contributed by atoms with E-state index in [1.165, 1.54) is 6.33 Å². The van der Waals surface area contributed by atoms with E-state index in [1.807, 2.05) is 49.4 Å². The van der Waals surface area contributed by atoms with Crippen LogP contribution in [0.1, 0.15) is 40.9 Å². The third-order valence-electron chi connectivity index (χ3n) is 5.31. The van der Waals surface area contributed by atoms with E-state index in [0.29, 0.717) is 18.7 Å². The van der Waals surface area contributed by atoms with E-state index >= 15 is 0 Å². The van der Waals surface area contributed by atoms with Crippen molar-refractivity contribution in [3.8, 4) is 0 Å². The van der Waals surface area contributed by atoms with Crippen molar-refractivity contribution >= 4 is 23.0 Å². The first kappa shape index (κ1) is 17.4. The Labute approximate surface area is 168 Å². The molecule has 1 N–H and O–H groups in total. The van der Waals surface area contributed by atoms with Crippen molar-refractivity contribution < 1.29 is 4.79 Å². The first-order valence-corrected chi connectivity index (χ1v) is 9.59. The highest BCUT2D eigenvalue weighted by molar-refractivity contribution is 6.41. The fourth-order valence-corrected chi connectivity index (χ4v) is 3.78. The highest BCUT2D eigenvalue weighted by Gasteiger charge is 2.26. The Morgan fingerprint density at radius 1 is 1.10 bits per heavy atom. The Kier molecular flexibility index (Phi) is 4.24. The molecule has 1 atom stereocenters. The van der Waals surface area contributed by atoms with Gasteiger partial charge in [0.05, 0.1) is 29.7 Å². The zero-order chi connectivity index (χ0) is 19.8. The summed E-state index contributed by atoms with van der Waals surface area (Å²) in [5.41, 5.74) is 7.36. The second-order valence-corrected chi connectivity index (χ2v) is 7.24. The van der Waals surface area contributed by atoms with Gasteiger partial charge in [-0.2, -0.15) is 0 Å². The lowest BCUT2D eigenvalue weighted by Crippen LogP contribution is -2.33. The van der Waals surface area contributed by atoms with Crippen LogP contribution in [0.4, 0.5) is 5.69 Å². The molecule has 0 spiro atoms. The van der Waals surface area contributed by atoms with Crippen molar-refractivity contribution in [2.24, 2.45) is 9.98 Å². The topological polar surface area (TPSA) is 79.6 Å². The van der Waals surface area contributed by atoms with Crippen LogP contribution in [-0.4, -0.2) is 27.3 Å². The molecule has 0 aliphatic carbocycles. The second-order valence-electron chi connectivity index (χ2n) is 7.24. The average molecular weight is 381 g/mol. The Hall–Kier alpha value is -3.67. The van der Waals surface area contributed by atoms with Gasteiger partial charge in [0.2, 0.25) is 0 Å². The van der Waals surface area contributed by atoms with Crippen molar-refractivity contribution in [2.45, 2.75) is 25.9 Å². The fourth-order valence-electron chi connectivity index (χ4n) is 3.78. The number of nitrogens with one attached hydrogen (secondary N) is 1. The van der Waals surface area contributed by atoms with Gasteiger partial charge in [0.1, 0.15) is 12.0 Å². The van der Waals surface area contributed by atoms with Crippen LogP contribution >= 0.6 is 0 Å². The summed E-state index contributed by atoms with van der Waals surface area (Å²) in [6.07, 6.45) is 3.78. The van der Waals surface area contributed by atoms with Crippen LogP contribution in [0.25, 0.3) is 0 Å². The molecule has 142 valence electrons. The van der Waals surface area contributed by atoms with Crippen LogP contribution in [0.2, 0.25) is 0 Å². The van der Waals surface area contributed by atoms with Gasteiger partial charge in [0, 0.05) is 18.2 Å². The number of fused-ring (bicyclic) bond motifs is 2. The maximum atomic E-state index is 12.8. The largest absolute Gasteiger partial charge is 0.344 e. The molecule has 0 unspecified atom stereocenters. The lowest BCUT2D eigenvalue weighted by atomic mass is 9.98. The third kappa shape index (κ3) is 3.23. The molecule has 29 heavy (non-hydrogen) atoms. The zero-order valence-electron chi connectivity index (χ0n) is 16.0. The number of benzene rings is 2.